The molecule has 43 heavy (non-hydrogen) atoms. The number of nitrogens with zero attached hydrogens (tertiary/aromatic N) is 5. The predicted octanol–water partition coefficient (Wildman–Crippen LogP) is 4.25. The maximum atomic E-state index is 12.2. The minimum absolute atomic E-state index is 0.219. The second-order valence-electron chi connectivity index (χ2n) is 8.41. The Morgan fingerprint density at radius 1 is 1.05 bits per heavy atom. The van der Waals surface area contributed by atoms with Gasteiger partial charge in [-0.05, 0) is 58.9 Å². The zero-order chi connectivity index (χ0) is 31.9. The van der Waals surface area contributed by atoms with Crippen molar-refractivity contribution in [3.8, 4) is 11.5 Å². The summed E-state index contributed by atoms with van der Waals surface area (Å²) in [5.41, 5.74) is 1.69. The monoisotopic (exact) mass is 730 g/mol. The van der Waals surface area contributed by atoms with E-state index in [0.29, 0.717) is 42.6 Å². The summed E-state index contributed by atoms with van der Waals surface area (Å²) in [4.78, 5) is 77.4. The third-order valence-electron chi connectivity index (χ3n) is 4.79. The summed E-state index contributed by atoms with van der Waals surface area (Å²) >= 11 is 5.45. The average Bonchev–Trinajstić information content (AvgIpc) is 2.91. The van der Waals surface area contributed by atoms with Crippen LogP contribution in [0.4, 0.5) is 0 Å². The van der Waals surface area contributed by atoms with Crippen LogP contribution in [0.25, 0.3) is 0 Å². The molecule has 0 aromatic heterocycles. The lowest BCUT2D eigenvalue weighted by atomic mass is 10.1. The largest absolute Gasteiger partial charge is 0.540 e. The zero-order valence-corrected chi connectivity index (χ0v) is 28.7. The van der Waals surface area contributed by atoms with E-state index in [9.17, 15) is 34.2 Å². The highest BCUT2D eigenvalue weighted by Gasteiger charge is 2.41. The Kier molecular flexibility index (Phi) is 16.6. The molecule has 16 nitrogen and oxygen atoms in total. The molecule has 1 unspecified atom stereocenters. The van der Waals surface area contributed by atoms with Crippen LogP contribution in [0.5, 0.6) is 11.5 Å². The summed E-state index contributed by atoms with van der Waals surface area (Å²) < 4.78 is 11.3. The van der Waals surface area contributed by atoms with Gasteiger partial charge in [0.25, 0.3) is 0 Å². The maximum absolute atomic E-state index is 12.2. The van der Waals surface area contributed by atoms with E-state index < -0.39 is 48.0 Å². The molecule has 8 N–H and O–H groups in total. The van der Waals surface area contributed by atoms with Crippen molar-refractivity contribution < 1.29 is 43.5 Å². The number of hydrogen-bond donors (Lipinski definition) is 8. The van der Waals surface area contributed by atoms with Crippen molar-refractivity contribution >= 4 is 71.5 Å². The highest BCUT2D eigenvalue weighted by molar-refractivity contribution is 8.02. The topological polar surface area (TPSA) is 236 Å². The quantitative estimate of drug-likeness (QED) is 0.0611. The van der Waals surface area contributed by atoms with Crippen LogP contribution < -0.4 is 14.7 Å². The van der Waals surface area contributed by atoms with Gasteiger partial charge in [0.15, 0.2) is 24.1 Å². The van der Waals surface area contributed by atoms with Gasteiger partial charge in [-0.1, -0.05) is 16.9 Å². The summed E-state index contributed by atoms with van der Waals surface area (Å²) in [7, 11) is -7.09. The number of carbonyl (C=O) groups excluding carboxylic acids is 1. The minimum Gasteiger partial charge on any atom is -0.355 e. The normalized spacial score (nSPS) is 12.9. The Morgan fingerprint density at radius 2 is 1.65 bits per heavy atom. The number of benzene rings is 2. The summed E-state index contributed by atoms with van der Waals surface area (Å²) in [6.45, 7) is -0.282. The molecule has 0 bridgehead atoms. The molecule has 0 saturated heterocycles. The van der Waals surface area contributed by atoms with E-state index in [4.69, 9.17) is 26.3 Å². The lowest BCUT2D eigenvalue weighted by Crippen LogP contribution is -2.39. The van der Waals surface area contributed by atoms with Gasteiger partial charge < -0.3 is 10.2 Å². The number of carbonyl (C=O) groups is 1. The molecule has 0 fully saturated rings. The summed E-state index contributed by atoms with van der Waals surface area (Å²) in [5.74, 6) is 0.502. The molecule has 0 aliphatic heterocycles. The van der Waals surface area contributed by atoms with Crippen molar-refractivity contribution in [2.75, 3.05) is 32.7 Å². The lowest BCUT2D eigenvalue weighted by molar-refractivity contribution is -0.121. The Bertz CT molecular complexity index is 1280. The molecular formula is C20H30N7O9P6S+3. The van der Waals surface area contributed by atoms with Crippen LogP contribution in [0, 0.1) is 5.16 Å². The van der Waals surface area contributed by atoms with E-state index in [1.165, 1.54) is 4.78 Å². The van der Waals surface area contributed by atoms with Gasteiger partial charge in [0.2, 0.25) is 26.2 Å². The Balaban J connectivity index is 1.79. The second-order valence-corrected chi connectivity index (χ2v) is 16.5. The van der Waals surface area contributed by atoms with Gasteiger partial charge in [0.05, 0.1) is 35.9 Å². The van der Waals surface area contributed by atoms with Gasteiger partial charge in [-0.25, -0.2) is 4.90 Å². The number of nitrogens with one attached hydrogen (secondary N) is 2. The third-order valence-corrected chi connectivity index (χ3v) is 10.1. The molecular weight excluding hydrogens is 700 g/mol. The zero-order valence-electron chi connectivity index (χ0n) is 22.5. The molecule has 23 heteroatoms. The molecule has 0 heterocycles. The molecule has 0 aliphatic rings. The number of amides is 1. The molecule has 2 aromatic carbocycles. The minimum atomic E-state index is -4.35. The van der Waals surface area contributed by atoms with Gasteiger partial charge in [0, 0.05) is 6.54 Å². The standard InChI is InChI=1S/C20H29N7O9P6S/c1-26(23-12-17-4-6-18(7-5-17)35-24-38-25-39-37-21)40(43)36-19-8-2-16(3-9-19)10-11-22-20(28)13-27(14-41(29,30)31)15-42(32,33)34/h2-9,12,21,29-34H,10-11,13-15H2,1H3/q+2/p+1. The summed E-state index contributed by atoms with van der Waals surface area (Å²) in [6.07, 6.45) is 0.475. The first-order chi connectivity index (χ1) is 20.2. The van der Waals surface area contributed by atoms with Crippen LogP contribution in [0.3, 0.4) is 0 Å². The first-order valence-corrected chi connectivity index (χ1v) is 21.0. The van der Waals surface area contributed by atoms with E-state index >= 15 is 0 Å². The molecule has 2 rings (SSSR count). The Hall–Kier alpha value is -1.62. The fourth-order valence-electron chi connectivity index (χ4n) is 3.08. The van der Waals surface area contributed by atoms with Crippen LogP contribution in [0.1, 0.15) is 11.1 Å². The molecule has 0 spiro atoms. The molecule has 1 atom stereocenters. The van der Waals surface area contributed by atoms with Gasteiger partial charge in [-0.3, -0.25) is 14.5 Å². The van der Waals surface area contributed by atoms with Crippen LogP contribution in [-0.4, -0.2) is 83.9 Å². The van der Waals surface area contributed by atoms with Gasteiger partial charge >= 0.3 is 23.0 Å². The van der Waals surface area contributed by atoms with Crippen molar-refractivity contribution in [1.29, 1.82) is 5.16 Å². The Labute approximate surface area is 259 Å². The molecule has 0 saturated carbocycles. The van der Waals surface area contributed by atoms with Crippen molar-refractivity contribution in [3.05, 3.63) is 59.7 Å². The van der Waals surface area contributed by atoms with Crippen LogP contribution in [-0.2, 0) is 23.0 Å². The van der Waals surface area contributed by atoms with E-state index in [0.717, 1.165) is 16.0 Å². The highest BCUT2D eigenvalue weighted by Crippen LogP contribution is 2.49. The van der Waals surface area contributed by atoms with Crippen LogP contribution >= 0.6 is 47.6 Å². The van der Waals surface area contributed by atoms with Crippen molar-refractivity contribution in [2.24, 2.45) is 14.5 Å². The first-order valence-electron chi connectivity index (χ1n) is 11.8. The maximum Gasteiger partial charge on any atom is 0.540 e. The fraction of sp³-hybridized carbons (Fsp3) is 0.300. The first kappa shape index (κ1) is 37.6. The molecule has 1 amide bonds. The van der Waals surface area contributed by atoms with E-state index in [2.05, 4.69) is 19.8 Å². The fourth-order valence-corrected chi connectivity index (χ4v) is 6.90. The molecule has 2 aromatic rings. The van der Waals surface area contributed by atoms with Crippen molar-refractivity contribution in [3.63, 3.8) is 0 Å². The van der Waals surface area contributed by atoms with Crippen molar-refractivity contribution in [2.45, 2.75) is 6.42 Å². The predicted molar refractivity (Wildman–Crippen MR) is 172 cm³/mol. The Morgan fingerprint density at radius 3 is 2.23 bits per heavy atom. The number of hydrazone groups is 1. The number of hydrogen-bond acceptors (Lipinski definition) is 14. The third kappa shape index (κ3) is 17.5. The smallest absolute Gasteiger partial charge is 0.355 e. The molecule has 0 aliphatic carbocycles. The highest BCUT2D eigenvalue weighted by atomic mass is 32.4. The lowest BCUT2D eigenvalue weighted by Gasteiger charge is -2.20. The molecule has 0 radical (unpaired) electrons. The van der Waals surface area contributed by atoms with E-state index in [1.54, 1.807) is 61.8 Å². The van der Waals surface area contributed by atoms with Gasteiger partial charge in [-0.15, -0.1) is 5.10 Å². The summed E-state index contributed by atoms with van der Waals surface area (Å²) in [5, 5.41) is 13.9. The second kappa shape index (κ2) is 19.0. The SMILES string of the molecule is CN(N=Cc1ccc(ON=PN=PP=N)cc1)[P+](=S)Oc1ccc(CCNC(=O)CN(C[P+](O)(O)O)C[P+](O)(O)O)cc1. The van der Waals surface area contributed by atoms with Gasteiger partial charge in [0.1, 0.15) is 0 Å². The summed E-state index contributed by atoms with van der Waals surface area (Å²) in [6, 6.07) is 14.2. The number of rotatable bonds is 18. The van der Waals surface area contributed by atoms with Crippen molar-refractivity contribution in [1.82, 2.24) is 15.0 Å². The molecule has 232 valence electrons. The van der Waals surface area contributed by atoms with E-state index in [1.807, 2.05) is 0 Å². The van der Waals surface area contributed by atoms with E-state index in [-0.39, 0.29) is 6.54 Å². The van der Waals surface area contributed by atoms with Crippen LogP contribution in [0.15, 0.2) is 63.1 Å². The van der Waals surface area contributed by atoms with Crippen LogP contribution in [0.2, 0.25) is 0 Å². The average molecular weight is 730 g/mol. The van der Waals surface area contributed by atoms with Gasteiger partial charge in [-0.2, -0.15) is 33.9 Å².